The third kappa shape index (κ3) is 3.03. The molecule has 1 saturated heterocycles. The molecular formula is C23H22N2O2. The largest absolute Gasteiger partial charge is 0.359 e. The van der Waals surface area contributed by atoms with Crippen molar-refractivity contribution >= 4 is 5.91 Å². The molecular weight excluding hydrogens is 336 g/mol. The van der Waals surface area contributed by atoms with E-state index in [0.717, 1.165) is 16.7 Å². The Kier molecular flexibility index (Phi) is 4.75. The highest BCUT2D eigenvalue weighted by Crippen LogP contribution is 2.38. The van der Waals surface area contributed by atoms with Crippen LogP contribution >= 0.6 is 0 Å². The van der Waals surface area contributed by atoms with Gasteiger partial charge in [0.15, 0.2) is 6.23 Å². The van der Waals surface area contributed by atoms with Crippen LogP contribution < -0.4 is 10.6 Å². The fourth-order valence-electron chi connectivity index (χ4n) is 3.74. The van der Waals surface area contributed by atoms with Crippen LogP contribution in [-0.2, 0) is 15.1 Å². The Morgan fingerprint density at radius 2 is 1.19 bits per heavy atom. The lowest BCUT2D eigenvalue weighted by atomic mass is 9.76. The highest BCUT2D eigenvalue weighted by atomic mass is 16.5. The molecule has 0 aromatic heterocycles. The van der Waals surface area contributed by atoms with Gasteiger partial charge in [0.25, 0.3) is 0 Å². The molecule has 136 valence electrons. The molecule has 4 heteroatoms. The van der Waals surface area contributed by atoms with Crippen molar-refractivity contribution < 1.29 is 9.53 Å². The van der Waals surface area contributed by atoms with Gasteiger partial charge in [0.2, 0.25) is 5.91 Å². The smallest absolute Gasteiger partial charge is 0.243 e. The van der Waals surface area contributed by atoms with Crippen LogP contribution in [0.15, 0.2) is 91.0 Å². The number of carbonyl (C=O) groups is 1. The lowest BCUT2D eigenvalue weighted by Crippen LogP contribution is -2.72. The molecule has 1 aliphatic rings. The first kappa shape index (κ1) is 17.5. The zero-order valence-corrected chi connectivity index (χ0v) is 15.1. The highest BCUT2D eigenvalue weighted by Gasteiger charge is 2.47. The zero-order chi connectivity index (χ0) is 18.7. The van der Waals surface area contributed by atoms with Crippen molar-refractivity contribution in [3.05, 3.63) is 108 Å². The minimum absolute atomic E-state index is 0.0611. The first-order valence-corrected chi connectivity index (χ1v) is 9.03. The van der Waals surface area contributed by atoms with Crippen LogP contribution in [0, 0.1) is 0 Å². The zero-order valence-electron chi connectivity index (χ0n) is 15.1. The molecule has 2 N–H and O–H groups in total. The lowest BCUT2D eigenvalue weighted by Gasteiger charge is -2.45. The highest BCUT2D eigenvalue weighted by molar-refractivity contribution is 5.89. The van der Waals surface area contributed by atoms with Crippen LogP contribution in [0.4, 0.5) is 0 Å². The molecule has 1 fully saturated rings. The number of β-lactam (4-membered cyclic amide) rings is 1. The van der Waals surface area contributed by atoms with E-state index in [1.807, 2.05) is 54.6 Å². The van der Waals surface area contributed by atoms with Crippen LogP contribution in [0.1, 0.15) is 16.7 Å². The van der Waals surface area contributed by atoms with Crippen molar-refractivity contribution in [1.82, 2.24) is 10.6 Å². The van der Waals surface area contributed by atoms with E-state index in [2.05, 4.69) is 47.0 Å². The van der Waals surface area contributed by atoms with Crippen molar-refractivity contribution in [3.8, 4) is 0 Å². The Bertz CT molecular complexity index is 801. The fraction of sp³-hybridized carbons (Fsp3) is 0.174. The Morgan fingerprint density at radius 1 is 0.778 bits per heavy atom. The Hall–Kier alpha value is -2.95. The summed E-state index contributed by atoms with van der Waals surface area (Å²) in [7, 11) is 1.61. The third-order valence-electron chi connectivity index (χ3n) is 5.12. The van der Waals surface area contributed by atoms with E-state index in [-0.39, 0.29) is 12.1 Å². The van der Waals surface area contributed by atoms with Gasteiger partial charge in [-0.1, -0.05) is 91.0 Å². The maximum atomic E-state index is 12.3. The number of methoxy groups -OCH3 is 1. The molecule has 27 heavy (non-hydrogen) atoms. The van der Waals surface area contributed by atoms with Gasteiger partial charge in [0.1, 0.15) is 6.04 Å². The van der Waals surface area contributed by atoms with Gasteiger partial charge in [-0.15, -0.1) is 0 Å². The van der Waals surface area contributed by atoms with Gasteiger partial charge < -0.3 is 10.1 Å². The average Bonchev–Trinajstić information content (AvgIpc) is 2.74. The minimum atomic E-state index is -0.678. The number of hydrogen-bond donors (Lipinski definition) is 2. The number of amides is 1. The van der Waals surface area contributed by atoms with Gasteiger partial charge in [0, 0.05) is 7.11 Å². The monoisotopic (exact) mass is 358 g/mol. The molecule has 2 unspecified atom stereocenters. The summed E-state index contributed by atoms with van der Waals surface area (Å²) in [6, 6.07) is 30.2. The van der Waals surface area contributed by atoms with E-state index in [4.69, 9.17) is 4.74 Å². The molecule has 0 bridgehead atoms. The molecule has 3 aromatic rings. The number of hydrogen-bond acceptors (Lipinski definition) is 3. The second kappa shape index (κ2) is 7.35. The summed E-state index contributed by atoms with van der Waals surface area (Å²) in [5.41, 5.74) is 2.52. The Balaban J connectivity index is 1.93. The van der Waals surface area contributed by atoms with Crippen molar-refractivity contribution in [3.63, 3.8) is 0 Å². The molecule has 3 aromatic carbocycles. The van der Waals surface area contributed by atoms with E-state index in [1.165, 1.54) is 0 Å². The molecule has 4 nitrogen and oxygen atoms in total. The van der Waals surface area contributed by atoms with E-state index >= 15 is 0 Å². The van der Waals surface area contributed by atoms with E-state index < -0.39 is 11.6 Å². The third-order valence-corrected chi connectivity index (χ3v) is 5.12. The lowest BCUT2D eigenvalue weighted by molar-refractivity contribution is -0.145. The molecule has 0 spiro atoms. The van der Waals surface area contributed by atoms with Crippen LogP contribution in [0.5, 0.6) is 0 Å². The summed E-state index contributed by atoms with van der Waals surface area (Å²) in [6.07, 6.45) is -0.354. The van der Waals surface area contributed by atoms with Crippen LogP contribution in [-0.4, -0.2) is 25.3 Å². The summed E-state index contributed by atoms with van der Waals surface area (Å²) in [6.45, 7) is 0. The van der Waals surface area contributed by atoms with E-state index in [0.29, 0.717) is 0 Å². The molecule has 0 saturated carbocycles. The van der Waals surface area contributed by atoms with E-state index in [9.17, 15) is 4.79 Å². The predicted molar refractivity (Wildman–Crippen MR) is 105 cm³/mol. The van der Waals surface area contributed by atoms with Crippen molar-refractivity contribution in [2.24, 2.45) is 0 Å². The topological polar surface area (TPSA) is 50.4 Å². The second-order valence-corrected chi connectivity index (χ2v) is 6.63. The molecule has 4 rings (SSSR count). The maximum Gasteiger partial charge on any atom is 0.243 e. The summed E-state index contributed by atoms with van der Waals surface area (Å²) < 4.78 is 5.43. The van der Waals surface area contributed by atoms with Crippen LogP contribution in [0.2, 0.25) is 0 Å². The van der Waals surface area contributed by atoms with Gasteiger partial charge in [-0.2, -0.15) is 0 Å². The maximum absolute atomic E-state index is 12.3. The first-order valence-electron chi connectivity index (χ1n) is 9.03. The fourth-order valence-corrected chi connectivity index (χ4v) is 3.74. The summed E-state index contributed by atoms with van der Waals surface area (Å²) in [5, 5.41) is 6.43. The number of benzene rings is 3. The normalized spacial score (nSPS) is 19.2. The van der Waals surface area contributed by atoms with Crippen LogP contribution in [0.3, 0.4) is 0 Å². The number of carbonyl (C=O) groups excluding carboxylic acids is 1. The summed E-state index contributed by atoms with van der Waals surface area (Å²) >= 11 is 0. The van der Waals surface area contributed by atoms with Gasteiger partial charge in [-0.25, -0.2) is 0 Å². The van der Waals surface area contributed by atoms with Crippen molar-refractivity contribution in [2.45, 2.75) is 17.8 Å². The summed E-state index contributed by atoms with van der Waals surface area (Å²) in [5.74, 6) is -0.0611. The van der Waals surface area contributed by atoms with E-state index in [1.54, 1.807) is 7.11 Å². The van der Waals surface area contributed by atoms with Crippen molar-refractivity contribution in [2.75, 3.05) is 7.11 Å². The Labute approximate surface area is 159 Å². The number of nitrogens with one attached hydrogen (secondary N) is 2. The second-order valence-electron chi connectivity index (χ2n) is 6.63. The minimum Gasteiger partial charge on any atom is -0.359 e. The molecule has 1 aliphatic heterocycles. The number of rotatable bonds is 6. The quantitative estimate of drug-likeness (QED) is 0.526. The number of ether oxygens (including phenoxy) is 1. The van der Waals surface area contributed by atoms with Gasteiger partial charge in [0.05, 0.1) is 5.54 Å². The molecule has 0 radical (unpaired) electrons. The van der Waals surface area contributed by atoms with Crippen LogP contribution in [0.25, 0.3) is 0 Å². The average molecular weight is 358 g/mol. The standard InChI is InChI=1S/C23H22N2O2/c1-27-22-20(21(26)24-22)25-23(17-11-5-2-6-12-17,18-13-7-3-8-14-18)19-15-9-4-10-16-19/h2-16,20,22,25H,1H3,(H,24,26). The molecule has 1 heterocycles. The van der Waals surface area contributed by atoms with Gasteiger partial charge in [-0.05, 0) is 16.7 Å². The van der Waals surface area contributed by atoms with Gasteiger partial charge >= 0.3 is 0 Å². The van der Waals surface area contributed by atoms with Gasteiger partial charge in [-0.3, -0.25) is 10.1 Å². The Morgan fingerprint density at radius 3 is 1.52 bits per heavy atom. The van der Waals surface area contributed by atoms with Crippen molar-refractivity contribution in [1.29, 1.82) is 0 Å². The SMILES string of the molecule is COC1NC(=O)C1NC(c1ccccc1)(c1ccccc1)c1ccccc1. The summed E-state index contributed by atoms with van der Waals surface area (Å²) in [4.78, 5) is 12.3. The molecule has 1 amide bonds. The predicted octanol–water partition coefficient (Wildman–Crippen LogP) is 3.04. The molecule has 0 aliphatic carbocycles. The molecule has 2 atom stereocenters. The first-order chi connectivity index (χ1) is 13.3.